The number of anilines is 1. The van der Waals surface area contributed by atoms with E-state index in [1.165, 1.54) is 10.4 Å². The van der Waals surface area contributed by atoms with Gasteiger partial charge in [0.15, 0.2) is 11.5 Å². The van der Waals surface area contributed by atoms with Crippen LogP contribution in [0.15, 0.2) is 65.6 Å². The van der Waals surface area contributed by atoms with Crippen molar-refractivity contribution in [2.45, 2.75) is 30.7 Å². The molecule has 5 rings (SSSR count). The quantitative estimate of drug-likeness (QED) is 0.537. The van der Waals surface area contributed by atoms with E-state index in [-0.39, 0.29) is 10.8 Å². The van der Waals surface area contributed by atoms with E-state index in [4.69, 9.17) is 9.47 Å². The lowest BCUT2D eigenvalue weighted by Crippen LogP contribution is -2.37. The predicted molar refractivity (Wildman–Crippen MR) is 134 cm³/mol. The van der Waals surface area contributed by atoms with Crippen LogP contribution in [0.5, 0.6) is 11.5 Å². The Morgan fingerprint density at radius 1 is 0.829 bits per heavy atom. The molecule has 0 fully saturated rings. The van der Waals surface area contributed by atoms with E-state index in [1.54, 1.807) is 37.3 Å². The van der Waals surface area contributed by atoms with Gasteiger partial charge in [-0.1, -0.05) is 24.3 Å². The molecule has 0 radical (unpaired) electrons. The summed E-state index contributed by atoms with van der Waals surface area (Å²) in [5.41, 5.74) is 4.21. The average molecular weight is 493 g/mol. The van der Waals surface area contributed by atoms with Gasteiger partial charge in [0.1, 0.15) is 0 Å². The second kappa shape index (κ2) is 9.26. The fourth-order valence-corrected chi connectivity index (χ4v) is 6.49. The molecule has 0 spiro atoms. The maximum atomic E-state index is 13.6. The van der Waals surface area contributed by atoms with Gasteiger partial charge in [0, 0.05) is 25.2 Å². The highest BCUT2D eigenvalue weighted by Crippen LogP contribution is 2.34. The molecule has 2 aliphatic heterocycles. The van der Waals surface area contributed by atoms with Crippen molar-refractivity contribution in [3.63, 3.8) is 0 Å². The molecular weight excluding hydrogens is 464 g/mol. The van der Waals surface area contributed by atoms with Crippen LogP contribution in [0.25, 0.3) is 0 Å². The molecule has 3 aromatic carbocycles. The predicted octanol–water partition coefficient (Wildman–Crippen LogP) is 4.04. The fourth-order valence-electron chi connectivity index (χ4n) is 4.90. The van der Waals surface area contributed by atoms with Gasteiger partial charge in [-0.3, -0.25) is 9.10 Å². The molecule has 1 amide bonds. The molecule has 8 heteroatoms. The summed E-state index contributed by atoms with van der Waals surface area (Å²) >= 11 is 0. The Balaban J connectivity index is 1.41. The smallest absolute Gasteiger partial charge is 0.264 e. The fraction of sp³-hybridized carbons (Fsp3) is 0.296. The molecular formula is C27H28N2O5S. The van der Waals surface area contributed by atoms with Gasteiger partial charge < -0.3 is 14.4 Å². The van der Waals surface area contributed by atoms with Crippen molar-refractivity contribution < 1.29 is 22.7 Å². The average Bonchev–Trinajstić information content (AvgIpc) is 2.91. The van der Waals surface area contributed by atoms with E-state index >= 15 is 0 Å². The normalized spacial score (nSPS) is 15.3. The Kier molecular flexibility index (Phi) is 6.15. The van der Waals surface area contributed by atoms with Gasteiger partial charge in [0.2, 0.25) is 0 Å². The molecule has 0 aromatic heterocycles. The van der Waals surface area contributed by atoms with Crippen LogP contribution in [0.1, 0.15) is 33.5 Å². The van der Waals surface area contributed by atoms with Crippen LogP contribution in [0.2, 0.25) is 0 Å². The number of nitrogens with zero attached hydrogens (tertiary/aromatic N) is 2. The number of amides is 1. The first-order valence-electron chi connectivity index (χ1n) is 11.7. The summed E-state index contributed by atoms with van der Waals surface area (Å²) in [5.74, 6) is 1.10. The lowest BCUT2D eigenvalue weighted by Gasteiger charge is -2.31. The lowest BCUT2D eigenvalue weighted by atomic mass is 9.98. The van der Waals surface area contributed by atoms with Crippen molar-refractivity contribution in [1.82, 2.24) is 4.90 Å². The molecule has 182 valence electrons. The number of hydrogen-bond acceptors (Lipinski definition) is 5. The van der Waals surface area contributed by atoms with E-state index in [1.807, 2.05) is 36.4 Å². The van der Waals surface area contributed by atoms with Crippen LogP contribution in [-0.2, 0) is 29.4 Å². The molecule has 0 atom stereocenters. The molecule has 0 aliphatic carbocycles. The number of para-hydroxylation sites is 1. The first kappa shape index (κ1) is 23.2. The Bertz CT molecular complexity index is 1390. The van der Waals surface area contributed by atoms with Crippen molar-refractivity contribution in [2.24, 2.45) is 0 Å². The second-order valence-corrected chi connectivity index (χ2v) is 10.7. The van der Waals surface area contributed by atoms with E-state index < -0.39 is 10.0 Å². The van der Waals surface area contributed by atoms with Crippen molar-refractivity contribution in [2.75, 3.05) is 31.6 Å². The first-order valence-corrected chi connectivity index (χ1v) is 13.1. The summed E-state index contributed by atoms with van der Waals surface area (Å²) < 4.78 is 39.4. The van der Waals surface area contributed by atoms with Crippen LogP contribution >= 0.6 is 0 Å². The van der Waals surface area contributed by atoms with E-state index in [0.717, 1.165) is 29.5 Å². The third kappa shape index (κ3) is 4.23. The minimum atomic E-state index is -3.80. The highest BCUT2D eigenvalue weighted by atomic mass is 32.2. The number of hydrogen-bond donors (Lipinski definition) is 0. The minimum Gasteiger partial charge on any atom is -0.493 e. The maximum absolute atomic E-state index is 13.6. The van der Waals surface area contributed by atoms with Gasteiger partial charge in [-0.25, -0.2) is 8.42 Å². The van der Waals surface area contributed by atoms with Crippen LogP contribution in [0, 0.1) is 0 Å². The molecule has 0 saturated heterocycles. The summed E-state index contributed by atoms with van der Waals surface area (Å²) in [6, 6.07) is 17.8. The highest BCUT2D eigenvalue weighted by molar-refractivity contribution is 7.92. The number of carbonyl (C=O) groups is 1. The standard InChI is InChI=1S/C27H28N2O5S/c1-33-25-16-20-12-14-28(18-22(20)17-26(25)34-2)27(30)21-8-5-10-23(15-21)35(31,32)29-13-6-9-19-7-3-4-11-24(19)29/h3-5,7-8,10-11,15-17H,6,9,12-14,18H2,1-2H3. The van der Waals surface area contributed by atoms with Crippen molar-refractivity contribution in [3.8, 4) is 11.5 Å². The SMILES string of the molecule is COc1cc2c(cc1OC)CN(C(=O)c1cccc(S(=O)(=O)N3CCCc4ccccc43)c1)CC2. The van der Waals surface area contributed by atoms with E-state index in [2.05, 4.69) is 0 Å². The number of carbonyl (C=O) groups excluding carboxylic acids is 1. The van der Waals surface area contributed by atoms with E-state index in [9.17, 15) is 13.2 Å². The van der Waals surface area contributed by atoms with E-state index in [0.29, 0.717) is 48.8 Å². The lowest BCUT2D eigenvalue weighted by molar-refractivity contribution is 0.0734. The number of benzene rings is 3. The molecule has 2 heterocycles. The number of sulfonamides is 1. The van der Waals surface area contributed by atoms with Crippen molar-refractivity contribution >= 4 is 21.6 Å². The Morgan fingerprint density at radius 2 is 1.57 bits per heavy atom. The number of aryl methyl sites for hydroxylation is 1. The molecule has 0 N–H and O–H groups in total. The topological polar surface area (TPSA) is 76.1 Å². The van der Waals surface area contributed by atoms with Gasteiger partial charge >= 0.3 is 0 Å². The zero-order valence-electron chi connectivity index (χ0n) is 19.9. The molecule has 2 aliphatic rings. The molecule has 7 nitrogen and oxygen atoms in total. The van der Waals surface area contributed by atoms with Crippen molar-refractivity contribution in [3.05, 3.63) is 82.9 Å². The molecule has 0 bridgehead atoms. The Labute approximate surface area is 205 Å². The van der Waals surface area contributed by atoms with Gasteiger partial charge in [-0.2, -0.15) is 0 Å². The summed E-state index contributed by atoms with van der Waals surface area (Å²) in [6.45, 7) is 1.38. The Hall–Kier alpha value is -3.52. The number of ether oxygens (including phenoxy) is 2. The minimum absolute atomic E-state index is 0.129. The van der Waals surface area contributed by atoms with Gasteiger partial charge in [0.05, 0.1) is 24.8 Å². The molecule has 3 aromatic rings. The van der Waals surface area contributed by atoms with Gasteiger partial charge in [-0.15, -0.1) is 0 Å². The van der Waals surface area contributed by atoms with Crippen LogP contribution in [0.3, 0.4) is 0 Å². The number of fused-ring (bicyclic) bond motifs is 2. The molecule has 0 unspecified atom stereocenters. The van der Waals surface area contributed by atoms with Gasteiger partial charge in [-0.05, 0) is 72.4 Å². The number of methoxy groups -OCH3 is 2. The summed E-state index contributed by atoms with van der Waals surface area (Å²) in [5, 5.41) is 0. The third-order valence-corrected chi connectivity index (χ3v) is 8.55. The maximum Gasteiger partial charge on any atom is 0.264 e. The largest absolute Gasteiger partial charge is 0.493 e. The Morgan fingerprint density at radius 3 is 2.34 bits per heavy atom. The third-order valence-electron chi connectivity index (χ3n) is 6.74. The number of rotatable bonds is 5. The monoisotopic (exact) mass is 492 g/mol. The van der Waals surface area contributed by atoms with Crippen LogP contribution in [0.4, 0.5) is 5.69 Å². The van der Waals surface area contributed by atoms with Crippen LogP contribution in [-0.4, -0.2) is 46.5 Å². The molecule has 0 saturated carbocycles. The molecule has 35 heavy (non-hydrogen) atoms. The second-order valence-electron chi connectivity index (χ2n) is 8.79. The highest BCUT2D eigenvalue weighted by Gasteiger charge is 2.30. The summed E-state index contributed by atoms with van der Waals surface area (Å²) in [6.07, 6.45) is 2.30. The first-order chi connectivity index (χ1) is 16.9. The zero-order chi connectivity index (χ0) is 24.6. The summed E-state index contributed by atoms with van der Waals surface area (Å²) in [4.78, 5) is 15.3. The van der Waals surface area contributed by atoms with Crippen LogP contribution < -0.4 is 13.8 Å². The van der Waals surface area contributed by atoms with Crippen molar-refractivity contribution in [1.29, 1.82) is 0 Å². The van der Waals surface area contributed by atoms with Gasteiger partial charge in [0.25, 0.3) is 15.9 Å². The summed E-state index contributed by atoms with van der Waals surface area (Å²) in [7, 11) is -0.606. The zero-order valence-corrected chi connectivity index (χ0v) is 20.7.